The first-order valence-corrected chi connectivity index (χ1v) is 10.5. The average Bonchev–Trinajstić information content (AvgIpc) is 2.58. The highest BCUT2D eigenvalue weighted by Gasteiger charge is 2.12. The number of fused-ring (bicyclic) bond motifs is 1. The van der Waals surface area contributed by atoms with Crippen molar-refractivity contribution in [1.82, 2.24) is 9.97 Å². The number of nitrogens with zero attached hydrogens (tertiary/aromatic N) is 2. The molecule has 0 saturated heterocycles. The minimum atomic E-state index is -3.29. The Labute approximate surface area is 155 Å². The van der Waals surface area contributed by atoms with E-state index in [9.17, 15) is 8.42 Å². The van der Waals surface area contributed by atoms with Crippen LogP contribution in [-0.4, -0.2) is 31.8 Å². The molecule has 0 atom stereocenters. The highest BCUT2D eigenvalue weighted by molar-refractivity contribution is 7.98. The van der Waals surface area contributed by atoms with E-state index in [1.807, 2.05) is 18.2 Å². The fourth-order valence-corrected chi connectivity index (χ4v) is 4.16. The van der Waals surface area contributed by atoms with Crippen LogP contribution in [-0.2, 0) is 15.6 Å². The molecule has 0 saturated carbocycles. The molecule has 0 radical (unpaired) electrons. The van der Waals surface area contributed by atoms with E-state index in [0.717, 1.165) is 16.0 Å². The molecule has 0 amide bonds. The van der Waals surface area contributed by atoms with Gasteiger partial charge in [-0.3, -0.25) is 0 Å². The molecule has 25 heavy (non-hydrogen) atoms. The summed E-state index contributed by atoms with van der Waals surface area (Å²) in [5, 5.41) is 1.99. The zero-order valence-corrected chi connectivity index (χ0v) is 16.0. The fraction of sp³-hybridized carbons (Fsp3) is 0.176. The lowest BCUT2D eigenvalue weighted by molar-refractivity contribution is 0.415. The smallest absolute Gasteiger partial charge is 0.175 e. The van der Waals surface area contributed by atoms with E-state index in [1.54, 1.807) is 25.3 Å². The molecule has 1 aromatic heterocycles. The Morgan fingerprint density at radius 3 is 2.64 bits per heavy atom. The molecule has 0 aliphatic rings. The largest absolute Gasteiger partial charge is 0.495 e. The molecule has 8 heteroatoms. The molecule has 2 aromatic carbocycles. The van der Waals surface area contributed by atoms with Crippen LogP contribution in [0.25, 0.3) is 10.9 Å². The molecule has 0 bridgehead atoms. The van der Waals surface area contributed by atoms with Crippen LogP contribution in [0.2, 0.25) is 5.02 Å². The molecule has 0 N–H and O–H groups in total. The Bertz CT molecular complexity index is 1040. The fourth-order valence-electron chi connectivity index (χ4n) is 2.31. The van der Waals surface area contributed by atoms with Gasteiger partial charge in [-0.2, -0.15) is 0 Å². The average molecular weight is 395 g/mol. The van der Waals surface area contributed by atoms with Crippen molar-refractivity contribution in [2.45, 2.75) is 15.7 Å². The monoisotopic (exact) mass is 394 g/mol. The first-order valence-electron chi connectivity index (χ1n) is 7.28. The topological polar surface area (TPSA) is 69.2 Å². The molecule has 1 heterocycles. The Kier molecular flexibility index (Phi) is 5.17. The van der Waals surface area contributed by atoms with Gasteiger partial charge < -0.3 is 4.74 Å². The van der Waals surface area contributed by atoms with E-state index in [1.165, 1.54) is 24.3 Å². The van der Waals surface area contributed by atoms with Crippen molar-refractivity contribution in [3.05, 3.63) is 53.3 Å². The molecule has 5 nitrogen and oxygen atoms in total. The summed E-state index contributed by atoms with van der Waals surface area (Å²) in [7, 11) is -1.72. The third-order valence-corrected chi connectivity index (χ3v) is 6.07. The van der Waals surface area contributed by atoms with Crippen molar-refractivity contribution < 1.29 is 13.2 Å². The van der Waals surface area contributed by atoms with Crippen LogP contribution < -0.4 is 4.74 Å². The summed E-state index contributed by atoms with van der Waals surface area (Å²) in [6.07, 6.45) is 2.66. The number of ether oxygens (including phenoxy) is 1. The van der Waals surface area contributed by atoms with Crippen LogP contribution in [0.1, 0.15) is 5.56 Å². The maximum absolute atomic E-state index is 11.8. The summed E-state index contributed by atoms with van der Waals surface area (Å²) in [6, 6.07) is 10.5. The summed E-state index contributed by atoms with van der Waals surface area (Å²) in [5.41, 5.74) is 1.72. The maximum atomic E-state index is 11.8. The van der Waals surface area contributed by atoms with Crippen LogP contribution in [0.3, 0.4) is 0 Å². The third kappa shape index (κ3) is 4.05. The maximum Gasteiger partial charge on any atom is 0.175 e. The summed E-state index contributed by atoms with van der Waals surface area (Å²) < 4.78 is 28.7. The molecular weight excluding hydrogens is 380 g/mol. The van der Waals surface area contributed by atoms with Gasteiger partial charge in [-0.25, -0.2) is 18.4 Å². The molecule has 0 unspecified atom stereocenters. The summed E-state index contributed by atoms with van der Waals surface area (Å²) in [4.78, 5) is 8.75. The van der Waals surface area contributed by atoms with Crippen LogP contribution in [0, 0.1) is 0 Å². The van der Waals surface area contributed by atoms with Gasteiger partial charge in [0.1, 0.15) is 17.1 Å². The van der Waals surface area contributed by atoms with Crippen LogP contribution in [0.4, 0.5) is 0 Å². The van der Waals surface area contributed by atoms with E-state index >= 15 is 0 Å². The zero-order chi connectivity index (χ0) is 18.0. The van der Waals surface area contributed by atoms with E-state index in [0.29, 0.717) is 22.0 Å². The highest BCUT2D eigenvalue weighted by Crippen LogP contribution is 2.31. The number of thioether (sulfide) groups is 1. The molecule has 0 aliphatic carbocycles. The number of halogens is 1. The number of methoxy groups -OCH3 is 1. The number of hydrogen-bond donors (Lipinski definition) is 0. The van der Waals surface area contributed by atoms with Gasteiger partial charge in [0, 0.05) is 17.4 Å². The van der Waals surface area contributed by atoms with Crippen molar-refractivity contribution in [3.8, 4) is 5.75 Å². The lowest BCUT2D eigenvalue weighted by atomic mass is 10.2. The van der Waals surface area contributed by atoms with Crippen LogP contribution in [0.15, 0.2) is 52.6 Å². The minimum Gasteiger partial charge on any atom is -0.495 e. The first-order chi connectivity index (χ1) is 11.9. The van der Waals surface area contributed by atoms with Crippen LogP contribution in [0.5, 0.6) is 5.75 Å². The van der Waals surface area contributed by atoms with Gasteiger partial charge in [0.2, 0.25) is 0 Å². The lowest BCUT2D eigenvalue weighted by Crippen LogP contribution is -1.98. The Balaban J connectivity index is 1.92. The molecule has 0 spiro atoms. The second kappa shape index (κ2) is 7.19. The van der Waals surface area contributed by atoms with Gasteiger partial charge in [0.15, 0.2) is 9.84 Å². The summed E-state index contributed by atoms with van der Waals surface area (Å²) in [5.74, 6) is 1.26. The second-order valence-electron chi connectivity index (χ2n) is 5.39. The van der Waals surface area contributed by atoms with E-state index in [4.69, 9.17) is 16.3 Å². The Morgan fingerprint density at radius 2 is 1.96 bits per heavy atom. The van der Waals surface area contributed by atoms with Crippen LogP contribution >= 0.6 is 23.4 Å². The number of benzene rings is 2. The number of rotatable bonds is 5. The number of sulfone groups is 1. The predicted molar refractivity (Wildman–Crippen MR) is 100 cm³/mol. The van der Waals surface area contributed by atoms with Gasteiger partial charge in [0.05, 0.1) is 22.5 Å². The minimum absolute atomic E-state index is 0.254. The van der Waals surface area contributed by atoms with Gasteiger partial charge in [0.25, 0.3) is 0 Å². The molecule has 3 aromatic rings. The highest BCUT2D eigenvalue weighted by atomic mass is 35.5. The van der Waals surface area contributed by atoms with Crippen molar-refractivity contribution in [2.24, 2.45) is 0 Å². The van der Waals surface area contributed by atoms with Gasteiger partial charge in [-0.15, -0.1) is 11.8 Å². The van der Waals surface area contributed by atoms with Crippen molar-refractivity contribution in [2.75, 3.05) is 13.4 Å². The SMILES string of the molecule is COc1ccc(CSc2ncnc3ccc(S(C)(=O)=O)cc23)cc1Cl. The van der Waals surface area contributed by atoms with E-state index in [-0.39, 0.29) is 4.90 Å². The van der Waals surface area contributed by atoms with Gasteiger partial charge in [-0.05, 0) is 35.9 Å². The quantitative estimate of drug-likeness (QED) is 0.481. The summed E-state index contributed by atoms with van der Waals surface area (Å²) in [6.45, 7) is 0. The zero-order valence-electron chi connectivity index (χ0n) is 13.6. The van der Waals surface area contributed by atoms with Crippen molar-refractivity contribution >= 4 is 44.1 Å². The molecule has 3 rings (SSSR count). The molecular formula is C17H15ClN2O3S2. The summed E-state index contributed by atoms with van der Waals surface area (Å²) >= 11 is 7.65. The normalized spacial score (nSPS) is 11.6. The van der Waals surface area contributed by atoms with E-state index in [2.05, 4.69) is 9.97 Å². The lowest BCUT2D eigenvalue weighted by Gasteiger charge is -2.08. The van der Waals surface area contributed by atoms with Crippen molar-refractivity contribution in [3.63, 3.8) is 0 Å². The Morgan fingerprint density at radius 1 is 1.16 bits per heavy atom. The predicted octanol–water partition coefficient (Wildman–Crippen LogP) is 3.99. The van der Waals surface area contributed by atoms with Gasteiger partial charge >= 0.3 is 0 Å². The van der Waals surface area contributed by atoms with Gasteiger partial charge in [-0.1, -0.05) is 17.7 Å². The van der Waals surface area contributed by atoms with Crippen molar-refractivity contribution in [1.29, 1.82) is 0 Å². The number of hydrogen-bond acceptors (Lipinski definition) is 6. The third-order valence-electron chi connectivity index (χ3n) is 3.59. The molecule has 0 aliphatic heterocycles. The number of aromatic nitrogens is 2. The Hall–Kier alpha value is -1.83. The molecule has 0 fully saturated rings. The standard InChI is InChI=1S/C17H15ClN2O3S2/c1-23-16-6-3-11(7-14(16)18)9-24-17-13-8-12(25(2,21)22)4-5-15(13)19-10-20-17/h3-8,10H,9H2,1-2H3. The van der Waals surface area contributed by atoms with E-state index < -0.39 is 9.84 Å². The second-order valence-corrected chi connectivity index (χ2v) is 8.77. The first kappa shape index (κ1) is 18.0. The molecule has 130 valence electrons.